The normalized spacial score (nSPS) is 23.1. The minimum atomic E-state index is -1.73. The van der Waals surface area contributed by atoms with Gasteiger partial charge in [-0.15, -0.1) is 0 Å². The molecule has 1 saturated carbocycles. The van der Waals surface area contributed by atoms with Crippen LogP contribution in [0.5, 0.6) is 5.75 Å². The van der Waals surface area contributed by atoms with E-state index in [4.69, 9.17) is 0 Å². The van der Waals surface area contributed by atoms with Gasteiger partial charge in [0.2, 0.25) is 11.8 Å². The van der Waals surface area contributed by atoms with Crippen molar-refractivity contribution in [3.8, 4) is 5.75 Å². The van der Waals surface area contributed by atoms with Gasteiger partial charge in [-0.05, 0) is 86.7 Å². The van der Waals surface area contributed by atoms with E-state index in [1.54, 1.807) is 12.1 Å². The molecule has 0 aliphatic heterocycles. The molecule has 0 aromatic heterocycles. The molecule has 1 aliphatic carbocycles. The second-order valence-corrected chi connectivity index (χ2v) is 10.7. The van der Waals surface area contributed by atoms with E-state index in [0.717, 1.165) is 22.3 Å². The van der Waals surface area contributed by atoms with Gasteiger partial charge in [-0.1, -0.05) is 36.4 Å². The first-order valence-electron chi connectivity index (χ1n) is 12.7. The number of rotatable bonds is 5. The Bertz CT molecular complexity index is 1410. The van der Waals surface area contributed by atoms with Crippen LogP contribution in [0.4, 0.5) is 11.4 Å². The molecule has 0 radical (unpaired) electrons. The molecule has 1 fully saturated rings. The number of aromatic hydroxyl groups is 1. The van der Waals surface area contributed by atoms with Crippen molar-refractivity contribution in [3.63, 3.8) is 0 Å². The van der Waals surface area contributed by atoms with Crippen molar-refractivity contribution in [2.75, 3.05) is 10.6 Å². The van der Waals surface area contributed by atoms with Crippen molar-refractivity contribution in [2.45, 2.75) is 52.6 Å². The number of phenolic OH excluding ortho intramolecular Hbond substituents is 1. The topological polar surface area (TPSA) is 116 Å². The van der Waals surface area contributed by atoms with E-state index >= 15 is 0 Å². The van der Waals surface area contributed by atoms with Crippen molar-refractivity contribution >= 4 is 29.0 Å². The summed E-state index contributed by atoms with van der Waals surface area (Å²) in [5.41, 5.74) is 3.42. The van der Waals surface area contributed by atoms with E-state index in [0.29, 0.717) is 16.9 Å². The predicted octanol–water partition coefficient (Wildman–Crippen LogP) is 4.94. The van der Waals surface area contributed by atoms with E-state index in [2.05, 4.69) is 10.6 Å². The summed E-state index contributed by atoms with van der Waals surface area (Å²) in [6.07, 6.45) is -0.363. The van der Waals surface area contributed by atoms with E-state index in [-0.39, 0.29) is 12.2 Å². The number of anilines is 2. The molecule has 2 amide bonds. The van der Waals surface area contributed by atoms with Crippen molar-refractivity contribution in [2.24, 2.45) is 11.8 Å². The molecule has 7 nitrogen and oxygen atoms in total. The van der Waals surface area contributed by atoms with Crippen LogP contribution in [0.15, 0.2) is 60.7 Å². The minimum Gasteiger partial charge on any atom is -0.508 e. The zero-order valence-electron chi connectivity index (χ0n) is 22.3. The smallest absolute Gasteiger partial charge is 0.235 e. The SMILES string of the molecule is Cc1ccc(C)c(NC(=O)C2C(=O)CC(C)(O)C(C(=O)Nc3cc(C)ccc3C)C2c2cccc(O)c2)c1. The van der Waals surface area contributed by atoms with Crippen LogP contribution in [0, 0.1) is 39.5 Å². The molecule has 0 bridgehead atoms. The molecule has 0 saturated heterocycles. The molecule has 4 N–H and O–H groups in total. The number of aryl methyl sites for hydroxylation is 4. The third-order valence-corrected chi connectivity index (χ3v) is 7.39. The Morgan fingerprint density at radius 1 is 0.842 bits per heavy atom. The number of ketones is 1. The van der Waals surface area contributed by atoms with Crippen LogP contribution in [-0.4, -0.2) is 33.4 Å². The van der Waals surface area contributed by atoms with Gasteiger partial charge in [-0.25, -0.2) is 0 Å². The molecule has 4 atom stereocenters. The maximum atomic E-state index is 13.9. The summed E-state index contributed by atoms with van der Waals surface area (Å²) in [5, 5.41) is 27.5. The lowest BCUT2D eigenvalue weighted by molar-refractivity contribution is -0.150. The van der Waals surface area contributed by atoms with Gasteiger partial charge in [0.1, 0.15) is 17.5 Å². The fourth-order valence-corrected chi connectivity index (χ4v) is 5.39. The molecular weight excluding hydrogens is 480 g/mol. The third-order valence-electron chi connectivity index (χ3n) is 7.39. The number of Topliss-reactive ketones (excluding diaryl/α,β-unsaturated/α-hetero) is 1. The highest BCUT2D eigenvalue weighted by Crippen LogP contribution is 2.47. The van der Waals surface area contributed by atoms with Crippen LogP contribution in [0.25, 0.3) is 0 Å². The highest BCUT2D eigenvalue weighted by Gasteiger charge is 2.56. The van der Waals surface area contributed by atoms with Crippen LogP contribution in [-0.2, 0) is 14.4 Å². The maximum absolute atomic E-state index is 13.9. The number of hydrogen-bond acceptors (Lipinski definition) is 5. The summed E-state index contributed by atoms with van der Waals surface area (Å²) < 4.78 is 0. The number of hydrogen-bond donors (Lipinski definition) is 4. The van der Waals surface area contributed by atoms with Crippen LogP contribution < -0.4 is 10.6 Å². The van der Waals surface area contributed by atoms with Gasteiger partial charge in [0, 0.05) is 23.7 Å². The minimum absolute atomic E-state index is 0.0671. The molecular formula is C31H34N2O5. The predicted molar refractivity (Wildman–Crippen MR) is 147 cm³/mol. The Balaban J connectivity index is 1.80. The number of phenols is 1. The lowest BCUT2D eigenvalue weighted by Crippen LogP contribution is -2.56. The molecule has 38 heavy (non-hydrogen) atoms. The van der Waals surface area contributed by atoms with Crippen molar-refractivity contribution in [3.05, 3.63) is 88.5 Å². The van der Waals surface area contributed by atoms with Crippen LogP contribution in [0.3, 0.4) is 0 Å². The maximum Gasteiger partial charge on any atom is 0.235 e. The summed E-state index contributed by atoms with van der Waals surface area (Å²) in [5.74, 6) is -5.04. The summed E-state index contributed by atoms with van der Waals surface area (Å²) in [4.78, 5) is 41.1. The monoisotopic (exact) mass is 514 g/mol. The van der Waals surface area contributed by atoms with Gasteiger partial charge < -0.3 is 20.8 Å². The second kappa shape index (κ2) is 10.4. The highest BCUT2D eigenvalue weighted by molar-refractivity contribution is 6.10. The van der Waals surface area contributed by atoms with Crippen LogP contribution >= 0.6 is 0 Å². The van der Waals surface area contributed by atoms with Gasteiger partial charge in [0.05, 0.1) is 11.5 Å². The molecule has 4 rings (SSSR count). The van der Waals surface area contributed by atoms with Crippen LogP contribution in [0.1, 0.15) is 47.1 Å². The zero-order chi connectivity index (χ0) is 27.8. The van der Waals surface area contributed by atoms with E-state index in [9.17, 15) is 24.6 Å². The molecule has 7 heteroatoms. The summed E-state index contributed by atoms with van der Waals surface area (Å²) >= 11 is 0. The van der Waals surface area contributed by atoms with E-state index in [1.807, 2.05) is 64.1 Å². The first kappa shape index (κ1) is 27.1. The number of amides is 2. The molecule has 198 valence electrons. The van der Waals surface area contributed by atoms with Crippen LogP contribution in [0.2, 0.25) is 0 Å². The van der Waals surface area contributed by atoms with Gasteiger partial charge >= 0.3 is 0 Å². The molecule has 1 aliphatic rings. The summed E-state index contributed by atoms with van der Waals surface area (Å²) in [6.45, 7) is 8.99. The van der Waals surface area contributed by atoms with Crippen molar-refractivity contribution < 1.29 is 24.6 Å². The zero-order valence-corrected chi connectivity index (χ0v) is 22.3. The Kier molecular flexibility index (Phi) is 7.42. The first-order chi connectivity index (χ1) is 17.9. The number of carbonyl (C=O) groups is 3. The number of benzene rings is 3. The molecule has 0 heterocycles. The van der Waals surface area contributed by atoms with Crippen molar-refractivity contribution in [1.29, 1.82) is 0 Å². The van der Waals surface area contributed by atoms with Crippen molar-refractivity contribution in [1.82, 2.24) is 0 Å². The molecule has 3 aromatic rings. The Morgan fingerprint density at radius 3 is 1.95 bits per heavy atom. The molecule has 3 aromatic carbocycles. The highest BCUT2D eigenvalue weighted by atomic mass is 16.3. The lowest BCUT2D eigenvalue weighted by Gasteiger charge is -2.44. The van der Waals surface area contributed by atoms with E-state index in [1.165, 1.54) is 19.1 Å². The standard InChI is InChI=1S/C31H34N2O5/c1-17-9-11-19(3)23(13-17)32-29(36)27-25(35)16-31(5,38)28(26(27)21-7-6-8-22(34)15-21)30(37)33-24-14-18(2)10-12-20(24)4/h6-15,26-28,34,38H,16H2,1-5H3,(H,32,36)(H,33,37). The number of aliphatic hydroxyl groups is 1. The summed E-state index contributed by atoms with van der Waals surface area (Å²) in [7, 11) is 0. The fraction of sp³-hybridized carbons (Fsp3) is 0.323. The number of carbonyl (C=O) groups excluding carboxylic acids is 3. The Morgan fingerprint density at radius 2 is 1.39 bits per heavy atom. The first-order valence-corrected chi connectivity index (χ1v) is 12.7. The lowest BCUT2D eigenvalue weighted by atomic mass is 9.61. The average Bonchev–Trinajstić information content (AvgIpc) is 2.82. The average molecular weight is 515 g/mol. The quantitative estimate of drug-likeness (QED) is 0.360. The van der Waals surface area contributed by atoms with E-state index < -0.39 is 41.0 Å². The van der Waals surface area contributed by atoms with Gasteiger partial charge in [0.15, 0.2) is 0 Å². The van der Waals surface area contributed by atoms with Gasteiger partial charge in [-0.3, -0.25) is 14.4 Å². The fourth-order valence-electron chi connectivity index (χ4n) is 5.39. The molecule has 0 spiro atoms. The Hall–Kier alpha value is -3.97. The second-order valence-electron chi connectivity index (χ2n) is 10.7. The third kappa shape index (κ3) is 5.48. The van der Waals surface area contributed by atoms with Gasteiger partial charge in [-0.2, -0.15) is 0 Å². The summed E-state index contributed by atoms with van der Waals surface area (Å²) in [6, 6.07) is 17.5. The Labute approximate surface area is 222 Å². The largest absolute Gasteiger partial charge is 0.508 e. The molecule has 4 unspecified atom stereocenters. The number of nitrogens with one attached hydrogen (secondary N) is 2. The van der Waals surface area contributed by atoms with Gasteiger partial charge in [0.25, 0.3) is 0 Å².